The number of methoxy groups -OCH3 is 1. The number of esters is 1. The molecule has 0 unspecified atom stereocenters. The minimum atomic E-state index is -0.360. The summed E-state index contributed by atoms with van der Waals surface area (Å²) in [5.41, 5.74) is 0.481. The molecule has 0 radical (unpaired) electrons. The number of ether oxygens (including phenoxy) is 1. The second kappa shape index (κ2) is 5.01. The van der Waals surface area contributed by atoms with Crippen LogP contribution in [0.5, 0.6) is 0 Å². The first-order valence-corrected chi connectivity index (χ1v) is 6.57. The van der Waals surface area contributed by atoms with Crippen molar-refractivity contribution in [2.24, 2.45) is 0 Å². The Morgan fingerprint density at radius 1 is 1.59 bits per heavy atom. The van der Waals surface area contributed by atoms with Gasteiger partial charge in [-0.2, -0.15) is 0 Å². The lowest BCUT2D eigenvalue weighted by atomic mass is 10.4. The molecule has 0 saturated carbocycles. The largest absolute Gasteiger partial charge is 0.464 e. The van der Waals surface area contributed by atoms with Crippen molar-refractivity contribution in [2.45, 2.75) is 13.5 Å². The standard InChI is InChI=1S/C11H11BrN2O2S/c1-7-13-5-9(11(15)16-2)14(7)6-8-3-4-10(12)17-8/h3-5H,6H2,1-2H3. The maximum Gasteiger partial charge on any atom is 0.356 e. The van der Waals surface area contributed by atoms with Gasteiger partial charge in [0.05, 0.1) is 23.6 Å². The number of hydrogen-bond donors (Lipinski definition) is 0. The van der Waals surface area contributed by atoms with Crippen LogP contribution in [-0.2, 0) is 11.3 Å². The molecule has 17 heavy (non-hydrogen) atoms. The van der Waals surface area contributed by atoms with E-state index in [9.17, 15) is 4.79 Å². The van der Waals surface area contributed by atoms with Crippen LogP contribution in [0.3, 0.4) is 0 Å². The number of halogens is 1. The number of aromatic nitrogens is 2. The number of thiophene rings is 1. The van der Waals surface area contributed by atoms with E-state index in [1.54, 1.807) is 17.5 Å². The Bertz CT molecular complexity index is 547. The molecule has 0 amide bonds. The summed E-state index contributed by atoms with van der Waals surface area (Å²) in [5.74, 6) is 0.441. The van der Waals surface area contributed by atoms with Crippen LogP contribution in [0.1, 0.15) is 21.2 Å². The second-order valence-corrected chi connectivity index (χ2v) is 6.02. The van der Waals surface area contributed by atoms with Crippen molar-refractivity contribution in [3.05, 3.63) is 38.5 Å². The normalized spacial score (nSPS) is 10.5. The van der Waals surface area contributed by atoms with Crippen molar-refractivity contribution in [1.29, 1.82) is 0 Å². The van der Waals surface area contributed by atoms with Gasteiger partial charge in [0, 0.05) is 4.88 Å². The fourth-order valence-electron chi connectivity index (χ4n) is 1.53. The lowest BCUT2D eigenvalue weighted by Gasteiger charge is -2.07. The van der Waals surface area contributed by atoms with E-state index < -0.39 is 0 Å². The fourth-order valence-corrected chi connectivity index (χ4v) is 3.00. The van der Waals surface area contributed by atoms with E-state index in [1.165, 1.54) is 7.11 Å². The van der Waals surface area contributed by atoms with Gasteiger partial charge in [0.2, 0.25) is 0 Å². The molecule has 2 heterocycles. The molecule has 0 aliphatic rings. The van der Waals surface area contributed by atoms with E-state index >= 15 is 0 Å². The van der Waals surface area contributed by atoms with Crippen LogP contribution in [0.2, 0.25) is 0 Å². The zero-order chi connectivity index (χ0) is 12.4. The number of rotatable bonds is 3. The summed E-state index contributed by atoms with van der Waals surface area (Å²) in [6, 6.07) is 4.01. The summed E-state index contributed by atoms with van der Waals surface area (Å²) in [6.07, 6.45) is 1.55. The second-order valence-electron chi connectivity index (χ2n) is 3.47. The molecule has 0 N–H and O–H groups in total. The van der Waals surface area contributed by atoms with Gasteiger partial charge in [0.15, 0.2) is 0 Å². The Morgan fingerprint density at radius 2 is 2.35 bits per heavy atom. The van der Waals surface area contributed by atoms with E-state index in [4.69, 9.17) is 4.74 Å². The summed E-state index contributed by atoms with van der Waals surface area (Å²) in [7, 11) is 1.37. The molecule has 0 aliphatic heterocycles. The highest BCUT2D eigenvalue weighted by atomic mass is 79.9. The molecular weight excluding hydrogens is 304 g/mol. The minimum absolute atomic E-state index is 0.360. The monoisotopic (exact) mass is 314 g/mol. The van der Waals surface area contributed by atoms with E-state index in [-0.39, 0.29) is 5.97 Å². The Balaban J connectivity index is 2.31. The number of carbonyl (C=O) groups excluding carboxylic acids is 1. The van der Waals surface area contributed by atoms with E-state index in [1.807, 2.05) is 23.6 Å². The summed E-state index contributed by atoms with van der Waals surface area (Å²) in [4.78, 5) is 16.9. The quantitative estimate of drug-likeness (QED) is 0.818. The number of nitrogens with zero attached hydrogens (tertiary/aromatic N) is 2. The van der Waals surface area contributed by atoms with Crippen molar-refractivity contribution >= 4 is 33.2 Å². The van der Waals surface area contributed by atoms with Crippen molar-refractivity contribution in [2.75, 3.05) is 7.11 Å². The lowest BCUT2D eigenvalue weighted by molar-refractivity contribution is 0.0588. The molecule has 0 aromatic carbocycles. The van der Waals surface area contributed by atoms with Gasteiger partial charge in [-0.05, 0) is 35.0 Å². The van der Waals surface area contributed by atoms with Crippen LogP contribution in [0, 0.1) is 6.92 Å². The molecule has 0 bridgehead atoms. The molecule has 4 nitrogen and oxygen atoms in total. The van der Waals surface area contributed by atoms with Crippen molar-refractivity contribution in [3.8, 4) is 0 Å². The fraction of sp³-hybridized carbons (Fsp3) is 0.273. The van der Waals surface area contributed by atoms with Gasteiger partial charge >= 0.3 is 5.97 Å². The SMILES string of the molecule is COC(=O)c1cnc(C)n1Cc1ccc(Br)s1. The molecule has 6 heteroatoms. The first-order chi connectivity index (χ1) is 8.11. The molecule has 0 spiro atoms. The van der Waals surface area contributed by atoms with Crippen LogP contribution in [0.4, 0.5) is 0 Å². The zero-order valence-corrected chi connectivity index (χ0v) is 11.8. The summed E-state index contributed by atoms with van der Waals surface area (Å²) >= 11 is 5.06. The zero-order valence-electron chi connectivity index (χ0n) is 9.44. The smallest absolute Gasteiger partial charge is 0.356 e. The molecule has 0 atom stereocenters. The van der Waals surface area contributed by atoms with Gasteiger partial charge in [0.25, 0.3) is 0 Å². The number of hydrogen-bond acceptors (Lipinski definition) is 4. The van der Waals surface area contributed by atoms with E-state index in [0.717, 1.165) is 14.5 Å². The van der Waals surface area contributed by atoms with Crippen LogP contribution in [-0.4, -0.2) is 22.6 Å². The predicted octanol–water partition coefficient (Wildman–Crippen LogP) is 2.85. The average molecular weight is 315 g/mol. The predicted molar refractivity (Wildman–Crippen MR) is 69.4 cm³/mol. The van der Waals surface area contributed by atoms with Crippen molar-refractivity contribution in [1.82, 2.24) is 9.55 Å². The van der Waals surface area contributed by atoms with E-state index in [2.05, 4.69) is 20.9 Å². The van der Waals surface area contributed by atoms with Crippen LogP contribution in [0.15, 0.2) is 22.1 Å². The highest BCUT2D eigenvalue weighted by Gasteiger charge is 2.15. The molecule has 0 aliphatic carbocycles. The highest BCUT2D eigenvalue weighted by Crippen LogP contribution is 2.23. The maximum atomic E-state index is 11.6. The van der Waals surface area contributed by atoms with E-state index in [0.29, 0.717) is 12.2 Å². The third-order valence-electron chi connectivity index (χ3n) is 2.39. The third-order valence-corrected chi connectivity index (χ3v) is 4.00. The first-order valence-electron chi connectivity index (χ1n) is 4.96. The maximum absolute atomic E-state index is 11.6. The number of aryl methyl sites for hydroxylation is 1. The Morgan fingerprint density at radius 3 is 2.94 bits per heavy atom. The number of imidazole rings is 1. The molecule has 0 saturated heterocycles. The summed E-state index contributed by atoms with van der Waals surface area (Å²) in [5, 5.41) is 0. The van der Waals surface area contributed by atoms with Gasteiger partial charge in [-0.1, -0.05) is 0 Å². The Hall–Kier alpha value is -1.14. The molecular formula is C11H11BrN2O2S. The molecule has 2 aromatic rings. The molecule has 90 valence electrons. The van der Waals surface area contributed by atoms with Gasteiger partial charge < -0.3 is 9.30 Å². The van der Waals surface area contributed by atoms with Crippen LogP contribution in [0.25, 0.3) is 0 Å². The third kappa shape index (κ3) is 2.58. The van der Waals surface area contributed by atoms with Crippen molar-refractivity contribution in [3.63, 3.8) is 0 Å². The summed E-state index contributed by atoms with van der Waals surface area (Å²) < 4.78 is 7.65. The topological polar surface area (TPSA) is 44.1 Å². The highest BCUT2D eigenvalue weighted by molar-refractivity contribution is 9.11. The van der Waals surface area contributed by atoms with Crippen molar-refractivity contribution < 1.29 is 9.53 Å². The number of carbonyl (C=O) groups is 1. The summed E-state index contributed by atoms with van der Waals surface area (Å²) in [6.45, 7) is 2.50. The van der Waals surface area contributed by atoms with Crippen LogP contribution >= 0.6 is 27.3 Å². The minimum Gasteiger partial charge on any atom is -0.464 e. The average Bonchev–Trinajstić information content (AvgIpc) is 2.87. The van der Waals surface area contributed by atoms with Gasteiger partial charge in [-0.25, -0.2) is 9.78 Å². The van der Waals surface area contributed by atoms with Gasteiger partial charge in [-0.15, -0.1) is 11.3 Å². The Kier molecular flexibility index (Phi) is 3.63. The molecule has 2 rings (SSSR count). The lowest BCUT2D eigenvalue weighted by Crippen LogP contribution is -2.12. The first kappa shape index (κ1) is 12.3. The van der Waals surface area contributed by atoms with Gasteiger partial charge in [0.1, 0.15) is 11.5 Å². The van der Waals surface area contributed by atoms with Crippen LogP contribution < -0.4 is 0 Å². The van der Waals surface area contributed by atoms with Gasteiger partial charge in [-0.3, -0.25) is 0 Å². The molecule has 0 fully saturated rings. The molecule has 2 aromatic heterocycles. The Labute approximate surface area is 111 Å².